The molecule has 2 rings (SSSR count). The highest BCUT2D eigenvalue weighted by atomic mass is 35.5. The number of nitrogens with two attached hydrogens (primary N) is 1. The summed E-state index contributed by atoms with van der Waals surface area (Å²) in [6.45, 7) is 2.67. The third-order valence-electron chi connectivity index (χ3n) is 4.09. The maximum atomic E-state index is 12.3. The predicted molar refractivity (Wildman–Crippen MR) is 113 cm³/mol. The monoisotopic (exact) mass is 411 g/mol. The molecule has 0 atom stereocenters. The van der Waals surface area contributed by atoms with Gasteiger partial charge in [0.25, 0.3) is 0 Å². The van der Waals surface area contributed by atoms with Gasteiger partial charge in [0.1, 0.15) is 5.75 Å². The number of benzene rings is 2. The maximum Gasteiger partial charge on any atom is 0.234 e. The molecule has 0 heterocycles. The molecule has 0 aliphatic carbocycles. The Labute approximate surface area is 172 Å². The van der Waals surface area contributed by atoms with Gasteiger partial charge in [0.2, 0.25) is 5.91 Å². The Morgan fingerprint density at radius 2 is 1.93 bits per heavy atom. The molecule has 0 fully saturated rings. The van der Waals surface area contributed by atoms with Crippen molar-refractivity contribution in [3.63, 3.8) is 0 Å². The minimum atomic E-state index is -0.0476. The summed E-state index contributed by atoms with van der Waals surface area (Å²) in [5.74, 6) is 0.658. The first-order valence-corrected chi connectivity index (χ1v) is 9.05. The average Bonchev–Trinajstić information content (AvgIpc) is 2.65. The lowest BCUT2D eigenvalue weighted by molar-refractivity contribution is -0.122. The van der Waals surface area contributed by atoms with E-state index in [1.54, 1.807) is 25.3 Å². The lowest BCUT2D eigenvalue weighted by atomic mass is 10.1. The lowest BCUT2D eigenvalue weighted by Crippen LogP contribution is -2.40. The van der Waals surface area contributed by atoms with Gasteiger partial charge in [0, 0.05) is 36.8 Å². The molecular weight excluding hydrogens is 385 g/mol. The van der Waals surface area contributed by atoms with Gasteiger partial charge >= 0.3 is 0 Å². The van der Waals surface area contributed by atoms with Crippen molar-refractivity contribution < 1.29 is 9.53 Å². The molecule has 0 saturated carbocycles. The topological polar surface area (TPSA) is 67.6 Å². The Bertz CT molecular complexity index is 699. The number of hydrogen-bond donors (Lipinski definition) is 2. The van der Waals surface area contributed by atoms with Crippen molar-refractivity contribution in [3.05, 3.63) is 64.7 Å². The second kappa shape index (κ2) is 12.6. The van der Waals surface area contributed by atoms with Gasteiger partial charge in [-0.3, -0.25) is 9.69 Å². The number of nitrogens with zero attached hydrogens (tertiary/aromatic N) is 1. The van der Waals surface area contributed by atoms with E-state index in [4.69, 9.17) is 22.1 Å². The van der Waals surface area contributed by atoms with Crippen LogP contribution in [0.3, 0.4) is 0 Å². The number of amides is 1. The molecule has 0 unspecified atom stereocenters. The Hall–Kier alpha value is -1.79. The van der Waals surface area contributed by atoms with Crippen LogP contribution in [0.1, 0.15) is 11.1 Å². The van der Waals surface area contributed by atoms with Gasteiger partial charge in [0.05, 0.1) is 13.7 Å². The zero-order valence-corrected chi connectivity index (χ0v) is 17.1. The molecule has 27 heavy (non-hydrogen) atoms. The standard InChI is InChI=1S/C20H26ClN3O2.ClH/c1-26-19-8-7-18(21)13-17(19)14-23-20(25)15-24(12-10-22)11-9-16-5-3-2-4-6-16;/h2-8,13H,9-12,14-15,22H2,1H3,(H,23,25);1H. The fourth-order valence-corrected chi connectivity index (χ4v) is 2.92. The van der Waals surface area contributed by atoms with Crippen molar-refractivity contribution in [2.24, 2.45) is 5.73 Å². The van der Waals surface area contributed by atoms with Crippen LogP contribution in [0.15, 0.2) is 48.5 Å². The molecule has 2 aromatic rings. The number of halogens is 2. The van der Waals surface area contributed by atoms with Gasteiger partial charge in [0.15, 0.2) is 0 Å². The van der Waals surface area contributed by atoms with Crippen LogP contribution in [0.2, 0.25) is 5.02 Å². The normalized spacial score (nSPS) is 10.4. The molecule has 0 aliphatic rings. The van der Waals surface area contributed by atoms with Gasteiger partial charge in [-0.05, 0) is 30.2 Å². The van der Waals surface area contributed by atoms with Crippen LogP contribution in [0.25, 0.3) is 0 Å². The summed E-state index contributed by atoms with van der Waals surface area (Å²) < 4.78 is 5.30. The first-order chi connectivity index (χ1) is 12.6. The zero-order valence-electron chi connectivity index (χ0n) is 15.5. The molecule has 0 radical (unpaired) electrons. The van der Waals surface area contributed by atoms with E-state index < -0.39 is 0 Å². The van der Waals surface area contributed by atoms with E-state index in [1.165, 1.54) is 5.56 Å². The second-order valence-electron chi connectivity index (χ2n) is 6.03. The minimum absolute atomic E-state index is 0. The maximum absolute atomic E-state index is 12.3. The van der Waals surface area contributed by atoms with Crippen molar-refractivity contribution in [2.45, 2.75) is 13.0 Å². The Balaban J connectivity index is 0.00000364. The minimum Gasteiger partial charge on any atom is -0.496 e. The molecule has 2 aromatic carbocycles. The number of ether oxygens (including phenoxy) is 1. The Kier molecular flexibility index (Phi) is 10.8. The van der Waals surface area contributed by atoms with E-state index in [1.807, 2.05) is 18.2 Å². The van der Waals surface area contributed by atoms with Crippen molar-refractivity contribution in [1.29, 1.82) is 0 Å². The highest BCUT2D eigenvalue weighted by Crippen LogP contribution is 2.22. The van der Waals surface area contributed by atoms with Crippen LogP contribution in [-0.2, 0) is 17.8 Å². The van der Waals surface area contributed by atoms with Crippen molar-refractivity contribution >= 4 is 29.9 Å². The largest absolute Gasteiger partial charge is 0.496 e. The number of rotatable bonds is 10. The predicted octanol–water partition coefficient (Wildman–Crippen LogP) is 2.89. The van der Waals surface area contributed by atoms with Crippen molar-refractivity contribution in [3.8, 4) is 5.75 Å². The zero-order chi connectivity index (χ0) is 18.8. The number of carbonyl (C=O) groups is 1. The number of carbonyl (C=O) groups excluding carboxylic acids is 1. The third kappa shape index (κ3) is 8.18. The quantitative estimate of drug-likeness (QED) is 0.630. The van der Waals surface area contributed by atoms with E-state index in [-0.39, 0.29) is 18.3 Å². The van der Waals surface area contributed by atoms with Gasteiger partial charge < -0.3 is 15.8 Å². The molecule has 5 nitrogen and oxygen atoms in total. The average molecular weight is 412 g/mol. The SMILES string of the molecule is COc1ccc(Cl)cc1CNC(=O)CN(CCN)CCc1ccccc1.Cl. The van der Waals surface area contributed by atoms with Crippen LogP contribution < -0.4 is 15.8 Å². The molecule has 1 amide bonds. The van der Waals surface area contributed by atoms with Crippen molar-refractivity contribution in [2.75, 3.05) is 33.3 Å². The first kappa shape index (κ1) is 23.2. The van der Waals surface area contributed by atoms with Crippen molar-refractivity contribution in [1.82, 2.24) is 10.2 Å². The van der Waals surface area contributed by atoms with E-state index in [9.17, 15) is 4.79 Å². The lowest BCUT2D eigenvalue weighted by Gasteiger charge is -2.21. The summed E-state index contributed by atoms with van der Waals surface area (Å²) in [5, 5.41) is 3.54. The van der Waals surface area contributed by atoms with Gasteiger partial charge in [-0.15, -0.1) is 12.4 Å². The summed E-state index contributed by atoms with van der Waals surface area (Å²) in [4.78, 5) is 14.4. The van der Waals surface area contributed by atoms with E-state index >= 15 is 0 Å². The number of methoxy groups -OCH3 is 1. The Morgan fingerprint density at radius 3 is 2.59 bits per heavy atom. The summed E-state index contributed by atoms with van der Waals surface area (Å²) in [6.07, 6.45) is 0.885. The molecule has 0 spiro atoms. The fraction of sp³-hybridized carbons (Fsp3) is 0.350. The van der Waals surface area contributed by atoms with Gasteiger partial charge in [-0.1, -0.05) is 41.9 Å². The third-order valence-corrected chi connectivity index (χ3v) is 4.33. The molecule has 7 heteroatoms. The van der Waals surface area contributed by atoms with E-state index in [0.29, 0.717) is 37.0 Å². The van der Waals surface area contributed by atoms with Crippen LogP contribution in [-0.4, -0.2) is 44.1 Å². The molecule has 0 aromatic heterocycles. The van der Waals surface area contributed by atoms with Crippen LogP contribution in [0, 0.1) is 0 Å². The Morgan fingerprint density at radius 1 is 1.19 bits per heavy atom. The summed E-state index contributed by atoms with van der Waals surface area (Å²) >= 11 is 6.02. The summed E-state index contributed by atoms with van der Waals surface area (Å²) in [5.41, 5.74) is 7.79. The van der Waals surface area contributed by atoms with Crippen LogP contribution in [0.5, 0.6) is 5.75 Å². The fourth-order valence-electron chi connectivity index (χ4n) is 2.72. The van der Waals surface area contributed by atoms with Gasteiger partial charge in [-0.2, -0.15) is 0 Å². The molecule has 3 N–H and O–H groups in total. The highest BCUT2D eigenvalue weighted by molar-refractivity contribution is 6.30. The van der Waals surface area contributed by atoms with Gasteiger partial charge in [-0.25, -0.2) is 0 Å². The van der Waals surface area contributed by atoms with E-state index in [0.717, 1.165) is 18.5 Å². The first-order valence-electron chi connectivity index (χ1n) is 8.68. The summed E-state index contributed by atoms with van der Waals surface area (Å²) in [7, 11) is 1.60. The highest BCUT2D eigenvalue weighted by Gasteiger charge is 2.11. The summed E-state index contributed by atoms with van der Waals surface area (Å²) in [6, 6.07) is 15.6. The molecule has 0 saturated heterocycles. The molecule has 148 valence electrons. The van der Waals surface area contributed by atoms with Crippen LogP contribution in [0.4, 0.5) is 0 Å². The molecule has 0 aliphatic heterocycles. The smallest absolute Gasteiger partial charge is 0.234 e. The molecule has 0 bridgehead atoms. The van der Waals surface area contributed by atoms with Crippen LogP contribution >= 0.6 is 24.0 Å². The number of nitrogens with one attached hydrogen (secondary N) is 1. The second-order valence-corrected chi connectivity index (χ2v) is 6.47. The molecular formula is C20H27Cl2N3O2. The van der Waals surface area contributed by atoms with E-state index in [2.05, 4.69) is 22.3 Å². The number of hydrogen-bond acceptors (Lipinski definition) is 4.